The molecule has 4 N–H and O–H groups in total. The van der Waals surface area contributed by atoms with Crippen LogP contribution >= 0.6 is 0 Å². The van der Waals surface area contributed by atoms with Gasteiger partial charge in [-0.1, -0.05) is 0 Å². The largest absolute Gasteiger partial charge is 0.480 e. The standard InChI is InChI=1S/C11H12N2O6S/c14-5-9(11(16)17)13-20(18,19)7-1-2-8-6(3-7)4-10(15)12-8/h1-3,9,13-14H,4-5H2,(H,12,15)(H,16,17). The first-order valence-corrected chi connectivity index (χ1v) is 7.10. The molecule has 0 bridgehead atoms. The van der Waals surface area contributed by atoms with Crippen molar-refractivity contribution in [3.8, 4) is 0 Å². The molecule has 1 atom stereocenters. The Kier molecular flexibility index (Phi) is 3.75. The fourth-order valence-electron chi connectivity index (χ4n) is 1.79. The predicted molar refractivity (Wildman–Crippen MR) is 67.6 cm³/mol. The van der Waals surface area contributed by atoms with E-state index >= 15 is 0 Å². The number of amides is 1. The van der Waals surface area contributed by atoms with Crippen LogP contribution in [-0.2, 0) is 26.0 Å². The molecule has 0 fully saturated rings. The number of benzene rings is 1. The number of fused-ring (bicyclic) bond motifs is 1. The number of carboxylic acids is 1. The lowest BCUT2D eigenvalue weighted by Gasteiger charge is -2.12. The quantitative estimate of drug-likeness (QED) is 0.546. The van der Waals surface area contributed by atoms with Crippen LogP contribution < -0.4 is 10.0 Å². The highest BCUT2D eigenvalue weighted by molar-refractivity contribution is 7.89. The van der Waals surface area contributed by atoms with Crippen LogP contribution in [0, 0.1) is 0 Å². The second kappa shape index (κ2) is 5.19. The van der Waals surface area contributed by atoms with Crippen LogP contribution in [0.3, 0.4) is 0 Å². The summed E-state index contributed by atoms with van der Waals surface area (Å²) in [6, 6.07) is 2.37. The molecule has 0 saturated carbocycles. The number of rotatable bonds is 5. The molecule has 0 saturated heterocycles. The van der Waals surface area contributed by atoms with Crippen molar-refractivity contribution < 1.29 is 28.2 Å². The molecule has 1 heterocycles. The van der Waals surface area contributed by atoms with Crippen LogP contribution in [0.1, 0.15) is 5.56 Å². The van der Waals surface area contributed by atoms with E-state index < -0.39 is 28.6 Å². The number of sulfonamides is 1. The Morgan fingerprint density at radius 1 is 1.45 bits per heavy atom. The van der Waals surface area contributed by atoms with Gasteiger partial charge in [-0.3, -0.25) is 9.59 Å². The number of carbonyl (C=O) groups is 2. The van der Waals surface area contributed by atoms with Gasteiger partial charge in [-0.05, 0) is 23.8 Å². The highest BCUT2D eigenvalue weighted by Crippen LogP contribution is 2.25. The first-order chi connectivity index (χ1) is 9.33. The highest BCUT2D eigenvalue weighted by atomic mass is 32.2. The van der Waals surface area contributed by atoms with Gasteiger partial charge in [0.05, 0.1) is 17.9 Å². The SMILES string of the molecule is O=C1Cc2cc(S(=O)(=O)NC(CO)C(=O)O)ccc2N1. The molecule has 20 heavy (non-hydrogen) atoms. The van der Waals surface area contributed by atoms with Gasteiger partial charge in [0.25, 0.3) is 0 Å². The molecular formula is C11H12N2O6S. The van der Waals surface area contributed by atoms with Gasteiger partial charge >= 0.3 is 5.97 Å². The summed E-state index contributed by atoms with van der Waals surface area (Å²) in [5, 5.41) is 20.1. The van der Waals surface area contributed by atoms with E-state index in [1.165, 1.54) is 18.2 Å². The third kappa shape index (κ3) is 2.79. The first-order valence-electron chi connectivity index (χ1n) is 5.62. The Morgan fingerprint density at radius 2 is 2.15 bits per heavy atom. The first kappa shape index (κ1) is 14.4. The maximum Gasteiger partial charge on any atom is 0.324 e. The van der Waals surface area contributed by atoms with E-state index in [-0.39, 0.29) is 17.2 Å². The van der Waals surface area contributed by atoms with Gasteiger partial charge in [0.15, 0.2) is 0 Å². The number of aliphatic carboxylic acids is 1. The number of carboxylic acid groups (broad SMARTS) is 1. The number of nitrogens with one attached hydrogen (secondary N) is 2. The van der Waals surface area contributed by atoms with Crippen molar-refractivity contribution in [2.24, 2.45) is 0 Å². The van der Waals surface area contributed by atoms with Crippen molar-refractivity contribution in [2.75, 3.05) is 11.9 Å². The summed E-state index contributed by atoms with van der Waals surface area (Å²) in [5.74, 6) is -1.71. The highest BCUT2D eigenvalue weighted by Gasteiger charge is 2.26. The van der Waals surface area contributed by atoms with E-state index in [1.54, 1.807) is 0 Å². The van der Waals surface area contributed by atoms with Gasteiger partial charge in [-0.2, -0.15) is 4.72 Å². The number of carbonyl (C=O) groups excluding carboxylic acids is 1. The van der Waals surface area contributed by atoms with E-state index in [9.17, 15) is 18.0 Å². The summed E-state index contributed by atoms with van der Waals surface area (Å²) in [4.78, 5) is 21.8. The topological polar surface area (TPSA) is 133 Å². The number of aliphatic hydroxyl groups excluding tert-OH is 1. The van der Waals surface area contributed by atoms with Crippen molar-refractivity contribution in [2.45, 2.75) is 17.4 Å². The third-order valence-electron chi connectivity index (χ3n) is 2.79. The summed E-state index contributed by atoms with van der Waals surface area (Å²) >= 11 is 0. The lowest BCUT2D eigenvalue weighted by Crippen LogP contribution is -2.43. The van der Waals surface area contributed by atoms with Crippen molar-refractivity contribution in [1.29, 1.82) is 0 Å². The minimum Gasteiger partial charge on any atom is -0.480 e. The van der Waals surface area contributed by atoms with Crippen molar-refractivity contribution in [1.82, 2.24) is 4.72 Å². The van der Waals surface area contributed by atoms with Gasteiger partial charge in [0.2, 0.25) is 15.9 Å². The smallest absolute Gasteiger partial charge is 0.324 e. The van der Waals surface area contributed by atoms with Gasteiger partial charge in [-0.25, -0.2) is 8.42 Å². The van der Waals surface area contributed by atoms with E-state index in [2.05, 4.69) is 5.32 Å². The van der Waals surface area contributed by atoms with Crippen molar-refractivity contribution in [3.05, 3.63) is 23.8 Å². The van der Waals surface area contributed by atoms with Crippen LogP contribution in [0.4, 0.5) is 5.69 Å². The zero-order valence-electron chi connectivity index (χ0n) is 10.2. The van der Waals surface area contributed by atoms with E-state index in [4.69, 9.17) is 10.2 Å². The van der Waals surface area contributed by atoms with Crippen LogP contribution in [-0.4, -0.2) is 43.2 Å². The van der Waals surface area contributed by atoms with Crippen LogP contribution in [0.25, 0.3) is 0 Å². The maximum absolute atomic E-state index is 12.0. The Labute approximate surface area is 114 Å². The average molecular weight is 300 g/mol. The maximum atomic E-state index is 12.0. The van der Waals surface area contributed by atoms with Gasteiger partial charge in [0.1, 0.15) is 6.04 Å². The molecule has 108 valence electrons. The van der Waals surface area contributed by atoms with Gasteiger partial charge in [0, 0.05) is 5.69 Å². The van der Waals surface area contributed by atoms with Crippen LogP contribution in [0.2, 0.25) is 0 Å². The Balaban J connectivity index is 2.29. The molecule has 9 heteroatoms. The number of anilines is 1. The summed E-state index contributed by atoms with van der Waals surface area (Å²) in [7, 11) is -4.09. The molecule has 0 aromatic heterocycles. The zero-order valence-corrected chi connectivity index (χ0v) is 11.0. The van der Waals surface area contributed by atoms with Gasteiger partial charge < -0.3 is 15.5 Å². The molecular weight excluding hydrogens is 288 g/mol. The molecule has 8 nitrogen and oxygen atoms in total. The summed E-state index contributed by atoms with van der Waals surface area (Å²) in [6.45, 7) is -0.862. The molecule has 1 aromatic carbocycles. The number of hydrogen-bond acceptors (Lipinski definition) is 5. The van der Waals surface area contributed by atoms with E-state index in [1.807, 2.05) is 4.72 Å². The molecule has 0 spiro atoms. The number of hydrogen-bond donors (Lipinski definition) is 4. The van der Waals surface area contributed by atoms with Crippen LogP contribution in [0.15, 0.2) is 23.1 Å². The summed E-state index contributed by atoms with van der Waals surface area (Å²) in [6.07, 6.45) is 0.0705. The molecule has 0 radical (unpaired) electrons. The van der Waals surface area contributed by atoms with Crippen molar-refractivity contribution >= 4 is 27.6 Å². The van der Waals surface area contributed by atoms with Gasteiger partial charge in [-0.15, -0.1) is 0 Å². The van der Waals surface area contributed by atoms with Crippen LogP contribution in [0.5, 0.6) is 0 Å². The normalized spacial score (nSPS) is 15.6. The minimum atomic E-state index is -4.09. The Bertz CT molecular complexity index is 669. The molecule has 1 unspecified atom stereocenters. The van der Waals surface area contributed by atoms with E-state index in [0.29, 0.717) is 11.3 Å². The lowest BCUT2D eigenvalue weighted by molar-refractivity contribution is -0.139. The molecule has 2 rings (SSSR count). The van der Waals surface area contributed by atoms with Crippen molar-refractivity contribution in [3.63, 3.8) is 0 Å². The second-order valence-electron chi connectivity index (χ2n) is 4.24. The lowest BCUT2D eigenvalue weighted by atomic mass is 10.2. The Morgan fingerprint density at radius 3 is 2.75 bits per heavy atom. The third-order valence-corrected chi connectivity index (χ3v) is 4.26. The fourth-order valence-corrected chi connectivity index (χ4v) is 3.02. The summed E-state index contributed by atoms with van der Waals surface area (Å²) in [5.41, 5.74) is 1.06. The molecule has 1 aliphatic rings. The average Bonchev–Trinajstić information content (AvgIpc) is 2.74. The fraction of sp³-hybridized carbons (Fsp3) is 0.273. The number of aliphatic hydroxyl groups is 1. The molecule has 1 amide bonds. The summed E-state index contributed by atoms with van der Waals surface area (Å²) < 4.78 is 25.9. The van der Waals surface area contributed by atoms with E-state index in [0.717, 1.165) is 0 Å². The minimum absolute atomic E-state index is 0.0705. The zero-order chi connectivity index (χ0) is 14.9. The molecule has 0 aliphatic carbocycles. The predicted octanol–water partition coefficient (Wildman–Crippen LogP) is -1.09. The monoisotopic (exact) mass is 300 g/mol. The molecule has 1 aliphatic heterocycles. The second-order valence-corrected chi connectivity index (χ2v) is 5.95. The Hall–Kier alpha value is -1.97. The molecule has 1 aromatic rings.